The average molecular weight is 361 g/mol. The third-order valence-corrected chi connectivity index (χ3v) is 5.73. The number of rotatable bonds is 4. The number of anilines is 1. The number of hydrogen-bond donors (Lipinski definition) is 2. The lowest BCUT2D eigenvalue weighted by molar-refractivity contribution is 0.314. The van der Waals surface area contributed by atoms with E-state index in [-0.39, 0.29) is 0 Å². The quantitative estimate of drug-likeness (QED) is 0.546. The van der Waals surface area contributed by atoms with Gasteiger partial charge in [0.1, 0.15) is 5.82 Å². The van der Waals surface area contributed by atoms with Gasteiger partial charge in [-0.3, -0.25) is 9.30 Å². The van der Waals surface area contributed by atoms with E-state index in [1.165, 1.54) is 5.56 Å². The Kier molecular flexibility index (Phi) is 3.82. The zero-order chi connectivity index (χ0) is 18.4. The number of hydrogen-bond acceptors (Lipinski definition) is 5. The van der Waals surface area contributed by atoms with Crippen molar-refractivity contribution >= 4 is 22.5 Å². The van der Waals surface area contributed by atoms with E-state index in [0.29, 0.717) is 11.8 Å². The van der Waals surface area contributed by atoms with Gasteiger partial charge in [-0.1, -0.05) is 25.5 Å². The number of H-pyrrole nitrogens is 1. The Balaban J connectivity index is 1.48. The zero-order valence-corrected chi connectivity index (χ0v) is 15.3. The van der Waals surface area contributed by atoms with Gasteiger partial charge in [0.15, 0.2) is 11.3 Å². The summed E-state index contributed by atoms with van der Waals surface area (Å²) in [6, 6.07) is 10.2. The van der Waals surface area contributed by atoms with Crippen LogP contribution in [-0.2, 0) is 6.54 Å². The summed E-state index contributed by atoms with van der Waals surface area (Å²) < 4.78 is 2.17. The number of benzene rings is 1. The molecular weight excluding hydrogens is 338 g/mol. The Morgan fingerprint density at radius 2 is 2.00 bits per heavy atom. The van der Waals surface area contributed by atoms with Crippen molar-refractivity contribution in [2.75, 3.05) is 18.8 Å². The summed E-state index contributed by atoms with van der Waals surface area (Å²) in [4.78, 5) is 10.1. The van der Waals surface area contributed by atoms with E-state index in [0.717, 1.165) is 54.4 Å². The second-order valence-corrected chi connectivity index (χ2v) is 7.43. The van der Waals surface area contributed by atoms with E-state index >= 15 is 0 Å². The molecule has 1 fully saturated rings. The fourth-order valence-corrected chi connectivity index (χ4v) is 4.32. The molecule has 27 heavy (non-hydrogen) atoms. The van der Waals surface area contributed by atoms with Gasteiger partial charge in [0, 0.05) is 37.4 Å². The van der Waals surface area contributed by atoms with Crippen LogP contribution in [0.3, 0.4) is 0 Å². The largest absolute Gasteiger partial charge is 0.399 e. The Morgan fingerprint density at radius 3 is 2.81 bits per heavy atom. The minimum absolute atomic E-state index is 0.360. The summed E-state index contributed by atoms with van der Waals surface area (Å²) in [7, 11) is 0. The van der Waals surface area contributed by atoms with Crippen LogP contribution in [0.4, 0.5) is 5.69 Å². The normalized spacial score (nSPS) is 20.8. The zero-order valence-electron chi connectivity index (χ0n) is 15.3. The van der Waals surface area contributed by atoms with Gasteiger partial charge < -0.3 is 10.7 Å². The molecule has 0 spiro atoms. The topological polar surface area (TPSA) is 88.1 Å². The number of aromatic nitrogens is 5. The molecule has 3 aromatic heterocycles. The van der Waals surface area contributed by atoms with E-state index in [4.69, 9.17) is 5.73 Å². The number of aromatic amines is 1. The molecule has 7 heteroatoms. The Labute approximate surface area is 157 Å². The first-order chi connectivity index (χ1) is 13.2. The van der Waals surface area contributed by atoms with Crippen LogP contribution < -0.4 is 5.73 Å². The van der Waals surface area contributed by atoms with Crippen molar-refractivity contribution in [3.63, 3.8) is 0 Å². The van der Waals surface area contributed by atoms with Crippen LogP contribution >= 0.6 is 0 Å². The summed E-state index contributed by atoms with van der Waals surface area (Å²) in [5.74, 6) is 1.97. The maximum absolute atomic E-state index is 5.81. The van der Waals surface area contributed by atoms with Crippen molar-refractivity contribution in [2.45, 2.75) is 25.8 Å². The van der Waals surface area contributed by atoms with E-state index in [1.54, 1.807) is 6.20 Å². The van der Waals surface area contributed by atoms with Crippen molar-refractivity contribution in [2.24, 2.45) is 5.92 Å². The fourth-order valence-electron chi connectivity index (χ4n) is 4.32. The molecule has 0 aliphatic carbocycles. The highest BCUT2D eigenvalue weighted by Crippen LogP contribution is 2.35. The van der Waals surface area contributed by atoms with Gasteiger partial charge in [-0.2, -0.15) is 0 Å². The molecule has 1 saturated heterocycles. The predicted molar refractivity (Wildman–Crippen MR) is 105 cm³/mol. The Hall–Kier alpha value is -2.93. The van der Waals surface area contributed by atoms with Crippen molar-refractivity contribution in [3.05, 3.63) is 54.1 Å². The molecular formula is C20H23N7. The molecule has 0 saturated carbocycles. The lowest BCUT2D eigenvalue weighted by atomic mass is 9.93. The number of fused-ring (bicyclic) bond motifs is 3. The smallest absolute Gasteiger partial charge is 0.179 e. The molecule has 3 N–H and O–H groups in total. The second-order valence-electron chi connectivity index (χ2n) is 7.43. The predicted octanol–water partition coefficient (Wildman–Crippen LogP) is 2.81. The maximum atomic E-state index is 5.81. The van der Waals surface area contributed by atoms with Gasteiger partial charge >= 0.3 is 0 Å². The maximum Gasteiger partial charge on any atom is 0.179 e. The highest BCUT2D eigenvalue weighted by atomic mass is 15.3. The summed E-state index contributed by atoms with van der Waals surface area (Å²) in [6.45, 7) is 5.26. The lowest BCUT2D eigenvalue weighted by Crippen LogP contribution is -2.20. The minimum Gasteiger partial charge on any atom is -0.399 e. The molecule has 4 aromatic rings. The van der Waals surface area contributed by atoms with Crippen LogP contribution in [0.2, 0.25) is 0 Å². The first-order valence-corrected chi connectivity index (χ1v) is 9.47. The highest BCUT2D eigenvalue weighted by Gasteiger charge is 2.35. The van der Waals surface area contributed by atoms with E-state index in [9.17, 15) is 0 Å². The molecule has 0 amide bonds. The summed E-state index contributed by atoms with van der Waals surface area (Å²) >= 11 is 0. The second kappa shape index (κ2) is 6.35. The standard InChI is InChI=1S/C20H23N7/c1-2-14-11-26(10-13-3-5-15(21)6-4-13)12-16(14)20-25-24-18-9-23-19-17(27(18)20)7-8-22-19/h3-9,14,16,22H,2,10-12,21H2,1H3/t14-,16+/m0/s1. The van der Waals surface area contributed by atoms with Gasteiger partial charge in [-0.15, -0.1) is 10.2 Å². The SMILES string of the molecule is CC[C@H]1CN(Cc2ccc(N)cc2)C[C@H]1c1nnc2cnc3[nH]ccc3n12. The van der Waals surface area contributed by atoms with Crippen LogP contribution in [0.5, 0.6) is 0 Å². The molecule has 0 unspecified atom stereocenters. The van der Waals surface area contributed by atoms with E-state index in [2.05, 4.69) is 48.5 Å². The van der Waals surface area contributed by atoms with Crippen molar-refractivity contribution in [1.29, 1.82) is 0 Å². The molecule has 1 aliphatic rings. The van der Waals surface area contributed by atoms with Crippen LogP contribution in [-0.4, -0.2) is 42.6 Å². The van der Waals surface area contributed by atoms with Crippen LogP contribution in [0.1, 0.15) is 30.7 Å². The number of nitrogen functional groups attached to an aromatic ring is 1. The third kappa shape index (κ3) is 2.75. The molecule has 1 aliphatic heterocycles. The third-order valence-electron chi connectivity index (χ3n) is 5.73. The van der Waals surface area contributed by atoms with Gasteiger partial charge in [0.2, 0.25) is 0 Å². The van der Waals surface area contributed by atoms with Crippen LogP contribution in [0.15, 0.2) is 42.7 Å². The molecule has 4 heterocycles. The lowest BCUT2D eigenvalue weighted by Gasteiger charge is -2.15. The number of likely N-dealkylation sites (tertiary alicyclic amines) is 1. The van der Waals surface area contributed by atoms with Gasteiger partial charge in [0.25, 0.3) is 0 Å². The number of nitrogens with one attached hydrogen (secondary N) is 1. The monoisotopic (exact) mass is 361 g/mol. The molecule has 2 atom stereocenters. The molecule has 138 valence electrons. The van der Waals surface area contributed by atoms with Crippen molar-refractivity contribution < 1.29 is 0 Å². The van der Waals surface area contributed by atoms with E-state index < -0.39 is 0 Å². The Bertz CT molecular complexity index is 1080. The molecule has 5 rings (SSSR count). The summed E-state index contributed by atoms with van der Waals surface area (Å²) in [5, 5.41) is 8.96. The highest BCUT2D eigenvalue weighted by molar-refractivity contribution is 5.74. The number of nitrogens with zero attached hydrogens (tertiary/aromatic N) is 5. The van der Waals surface area contributed by atoms with Crippen molar-refractivity contribution in [1.82, 2.24) is 29.5 Å². The summed E-state index contributed by atoms with van der Waals surface area (Å²) in [6.07, 6.45) is 4.83. The summed E-state index contributed by atoms with van der Waals surface area (Å²) in [5.41, 5.74) is 10.6. The van der Waals surface area contributed by atoms with Crippen molar-refractivity contribution in [3.8, 4) is 0 Å². The first kappa shape index (κ1) is 16.3. The van der Waals surface area contributed by atoms with Gasteiger partial charge in [-0.25, -0.2) is 4.98 Å². The molecule has 0 bridgehead atoms. The van der Waals surface area contributed by atoms with Gasteiger partial charge in [-0.05, 0) is 29.7 Å². The first-order valence-electron chi connectivity index (χ1n) is 9.47. The van der Waals surface area contributed by atoms with Crippen LogP contribution in [0.25, 0.3) is 16.8 Å². The minimum atomic E-state index is 0.360. The van der Waals surface area contributed by atoms with Crippen LogP contribution in [0, 0.1) is 5.92 Å². The molecule has 7 nitrogen and oxygen atoms in total. The molecule has 0 radical (unpaired) electrons. The fraction of sp³-hybridized carbons (Fsp3) is 0.350. The molecule has 1 aromatic carbocycles. The van der Waals surface area contributed by atoms with E-state index in [1.807, 2.05) is 24.4 Å². The number of nitrogens with two attached hydrogens (primary N) is 1. The average Bonchev–Trinajstić information content (AvgIpc) is 3.39. The van der Waals surface area contributed by atoms with Gasteiger partial charge in [0.05, 0.1) is 11.7 Å². The Morgan fingerprint density at radius 1 is 1.15 bits per heavy atom.